The number of carbonyl (C=O) groups excluding carboxylic acids is 2. The molecule has 0 radical (unpaired) electrons. The van der Waals surface area contributed by atoms with Gasteiger partial charge in [0.2, 0.25) is 0 Å². The van der Waals surface area contributed by atoms with E-state index in [0.717, 1.165) is 0 Å². The smallest absolute Gasteiger partial charge is 0.421 e. The molecule has 1 aliphatic heterocycles. The van der Waals surface area contributed by atoms with Crippen molar-refractivity contribution >= 4 is 28.6 Å². The van der Waals surface area contributed by atoms with Gasteiger partial charge in [0, 0.05) is 18.8 Å². The molecule has 0 saturated heterocycles. The SMILES string of the molecule is CC1Oc2ccc(C(=O)C(C)n3c(=O)oc4cccnc43)cc2N(C)C1=O. The van der Waals surface area contributed by atoms with E-state index < -0.39 is 17.9 Å². The summed E-state index contributed by atoms with van der Waals surface area (Å²) in [6, 6.07) is 7.32. The van der Waals surface area contributed by atoms with E-state index in [9.17, 15) is 14.4 Å². The highest BCUT2D eigenvalue weighted by molar-refractivity contribution is 6.04. The number of nitrogens with zero attached hydrogens (tertiary/aromatic N) is 3. The molecule has 3 heterocycles. The molecule has 27 heavy (non-hydrogen) atoms. The van der Waals surface area contributed by atoms with Gasteiger partial charge in [0.25, 0.3) is 5.91 Å². The lowest BCUT2D eigenvalue weighted by molar-refractivity contribution is -0.125. The first-order valence-corrected chi connectivity index (χ1v) is 8.47. The lowest BCUT2D eigenvalue weighted by Crippen LogP contribution is -2.42. The Kier molecular flexibility index (Phi) is 3.83. The highest BCUT2D eigenvalue weighted by Crippen LogP contribution is 2.34. The third-order valence-corrected chi connectivity index (χ3v) is 4.73. The van der Waals surface area contributed by atoms with Gasteiger partial charge in [-0.2, -0.15) is 0 Å². The Labute approximate surface area is 154 Å². The minimum absolute atomic E-state index is 0.193. The summed E-state index contributed by atoms with van der Waals surface area (Å²) < 4.78 is 12.0. The molecule has 4 rings (SSSR count). The summed E-state index contributed by atoms with van der Waals surface area (Å²) in [6.07, 6.45) is 0.952. The van der Waals surface area contributed by atoms with Gasteiger partial charge in [0.1, 0.15) is 11.8 Å². The normalized spacial score (nSPS) is 17.5. The largest absolute Gasteiger partial charge is 0.479 e. The minimum Gasteiger partial charge on any atom is -0.479 e. The van der Waals surface area contributed by atoms with Crippen LogP contribution in [0.3, 0.4) is 0 Å². The number of oxazole rings is 1. The fraction of sp³-hybridized carbons (Fsp3) is 0.263. The van der Waals surface area contributed by atoms with Gasteiger partial charge in [-0.25, -0.2) is 14.3 Å². The van der Waals surface area contributed by atoms with E-state index in [1.807, 2.05) is 0 Å². The van der Waals surface area contributed by atoms with Crippen molar-refractivity contribution in [3.63, 3.8) is 0 Å². The molecule has 3 aromatic rings. The van der Waals surface area contributed by atoms with Crippen molar-refractivity contribution in [1.29, 1.82) is 0 Å². The zero-order chi connectivity index (χ0) is 19.3. The van der Waals surface area contributed by atoms with E-state index in [1.54, 1.807) is 51.2 Å². The van der Waals surface area contributed by atoms with Crippen LogP contribution in [0.5, 0.6) is 5.75 Å². The zero-order valence-electron chi connectivity index (χ0n) is 15.0. The summed E-state index contributed by atoms with van der Waals surface area (Å²) in [4.78, 5) is 43.0. The van der Waals surface area contributed by atoms with Crippen molar-refractivity contribution in [2.75, 3.05) is 11.9 Å². The Morgan fingerprint density at radius 3 is 2.81 bits per heavy atom. The van der Waals surface area contributed by atoms with Crippen LogP contribution in [-0.4, -0.2) is 34.4 Å². The second-order valence-electron chi connectivity index (χ2n) is 6.44. The van der Waals surface area contributed by atoms with E-state index in [4.69, 9.17) is 9.15 Å². The summed E-state index contributed by atoms with van der Waals surface area (Å²) in [5.41, 5.74) is 1.50. The maximum atomic E-state index is 13.0. The lowest BCUT2D eigenvalue weighted by Gasteiger charge is -2.30. The summed E-state index contributed by atoms with van der Waals surface area (Å²) in [7, 11) is 1.63. The molecule has 138 valence electrons. The monoisotopic (exact) mass is 367 g/mol. The number of amides is 1. The Balaban J connectivity index is 1.74. The van der Waals surface area contributed by atoms with E-state index in [0.29, 0.717) is 28.2 Å². The van der Waals surface area contributed by atoms with Crippen LogP contribution in [0.15, 0.2) is 45.7 Å². The molecule has 1 aromatic carbocycles. The predicted octanol–water partition coefficient (Wildman–Crippen LogP) is 2.18. The Hall–Kier alpha value is -3.42. The highest BCUT2D eigenvalue weighted by Gasteiger charge is 2.30. The molecule has 0 saturated carbocycles. The van der Waals surface area contributed by atoms with Crippen LogP contribution in [0.4, 0.5) is 5.69 Å². The zero-order valence-corrected chi connectivity index (χ0v) is 15.0. The van der Waals surface area contributed by atoms with Gasteiger partial charge in [0.15, 0.2) is 23.1 Å². The molecule has 0 bridgehead atoms. The molecule has 2 unspecified atom stereocenters. The van der Waals surface area contributed by atoms with Gasteiger partial charge in [-0.1, -0.05) is 0 Å². The molecule has 0 aliphatic carbocycles. The number of hydrogen-bond donors (Lipinski definition) is 0. The first kappa shape index (κ1) is 17.0. The second-order valence-corrected chi connectivity index (χ2v) is 6.44. The van der Waals surface area contributed by atoms with Crippen molar-refractivity contribution in [3.8, 4) is 5.75 Å². The number of ether oxygens (including phenoxy) is 1. The average Bonchev–Trinajstić information content (AvgIpc) is 3.00. The van der Waals surface area contributed by atoms with Gasteiger partial charge >= 0.3 is 5.76 Å². The summed E-state index contributed by atoms with van der Waals surface area (Å²) in [5.74, 6) is -0.609. The van der Waals surface area contributed by atoms with Gasteiger partial charge in [-0.05, 0) is 44.2 Å². The number of ketones is 1. The molecule has 1 aliphatic rings. The summed E-state index contributed by atoms with van der Waals surface area (Å²) >= 11 is 0. The van der Waals surface area contributed by atoms with Crippen LogP contribution in [0.1, 0.15) is 30.2 Å². The molecule has 0 N–H and O–H groups in total. The summed E-state index contributed by atoms with van der Waals surface area (Å²) in [6.45, 7) is 3.28. The minimum atomic E-state index is -0.823. The second kappa shape index (κ2) is 6.08. The maximum Gasteiger partial charge on any atom is 0.421 e. The number of hydrogen-bond acceptors (Lipinski definition) is 6. The van der Waals surface area contributed by atoms with Crippen molar-refractivity contribution in [2.24, 2.45) is 0 Å². The van der Waals surface area contributed by atoms with Crippen molar-refractivity contribution in [3.05, 3.63) is 52.6 Å². The van der Waals surface area contributed by atoms with Gasteiger partial charge in [-0.15, -0.1) is 0 Å². The van der Waals surface area contributed by atoms with Crippen LogP contribution >= 0.6 is 0 Å². The number of fused-ring (bicyclic) bond motifs is 2. The topological polar surface area (TPSA) is 94.6 Å². The first-order chi connectivity index (χ1) is 12.9. The molecule has 8 nitrogen and oxygen atoms in total. The Morgan fingerprint density at radius 2 is 2.04 bits per heavy atom. The number of carbonyl (C=O) groups is 2. The number of likely N-dealkylation sites (N-methyl/N-ethyl adjacent to an activating group) is 1. The third kappa shape index (κ3) is 2.61. The van der Waals surface area contributed by atoms with Gasteiger partial charge in [0.05, 0.1) is 5.69 Å². The molecule has 8 heteroatoms. The first-order valence-electron chi connectivity index (χ1n) is 8.47. The van der Waals surface area contributed by atoms with E-state index >= 15 is 0 Å². The fourth-order valence-corrected chi connectivity index (χ4v) is 3.24. The van der Waals surface area contributed by atoms with E-state index in [-0.39, 0.29) is 11.7 Å². The molecular weight excluding hydrogens is 350 g/mol. The molecule has 2 atom stereocenters. The predicted molar refractivity (Wildman–Crippen MR) is 97.3 cm³/mol. The van der Waals surface area contributed by atoms with Crippen LogP contribution in [0.2, 0.25) is 0 Å². The molecule has 1 amide bonds. The average molecular weight is 367 g/mol. The standard InChI is InChI=1S/C19H17N3O5/c1-10(22-17-15(27-19(22)25)5-4-8-20-17)16(23)12-6-7-14-13(9-12)21(3)18(24)11(2)26-14/h4-11H,1-3H3. The van der Waals surface area contributed by atoms with E-state index in [2.05, 4.69) is 4.98 Å². The maximum absolute atomic E-state index is 13.0. The van der Waals surface area contributed by atoms with Crippen molar-refractivity contribution in [2.45, 2.75) is 26.0 Å². The molecule has 2 aromatic heterocycles. The lowest BCUT2D eigenvalue weighted by atomic mass is 10.0. The van der Waals surface area contributed by atoms with Crippen molar-refractivity contribution in [1.82, 2.24) is 9.55 Å². The van der Waals surface area contributed by atoms with Crippen molar-refractivity contribution < 1.29 is 18.7 Å². The van der Waals surface area contributed by atoms with Crippen LogP contribution in [0.25, 0.3) is 11.2 Å². The number of Topliss-reactive ketones (excluding diaryl/α,β-unsaturated/α-hetero) is 1. The van der Waals surface area contributed by atoms with E-state index in [1.165, 1.54) is 15.7 Å². The third-order valence-electron chi connectivity index (χ3n) is 4.73. The number of anilines is 1. The van der Waals surface area contributed by atoms with Gasteiger partial charge in [-0.3, -0.25) is 9.59 Å². The van der Waals surface area contributed by atoms with Gasteiger partial charge < -0.3 is 14.1 Å². The number of pyridine rings is 1. The van der Waals surface area contributed by atoms with Crippen LogP contribution in [0, 0.1) is 0 Å². The number of rotatable bonds is 3. The Morgan fingerprint density at radius 1 is 1.26 bits per heavy atom. The number of benzene rings is 1. The molecular formula is C19H17N3O5. The number of aromatic nitrogens is 2. The molecule has 0 spiro atoms. The van der Waals surface area contributed by atoms with Crippen LogP contribution < -0.4 is 15.4 Å². The summed E-state index contributed by atoms with van der Waals surface area (Å²) in [5, 5.41) is 0. The molecule has 0 fully saturated rings. The quantitative estimate of drug-likeness (QED) is 0.659. The highest BCUT2D eigenvalue weighted by atomic mass is 16.5. The Bertz CT molecular complexity index is 1130. The fourth-order valence-electron chi connectivity index (χ4n) is 3.24. The van der Waals surface area contributed by atoms with Crippen LogP contribution in [-0.2, 0) is 4.79 Å².